The summed E-state index contributed by atoms with van der Waals surface area (Å²) in [6.07, 6.45) is 0. The Morgan fingerprint density at radius 3 is 0.495 bits per heavy atom. The van der Waals surface area contributed by atoms with Gasteiger partial charge in [0.25, 0.3) is 22.7 Å². The zero-order valence-corrected chi connectivity index (χ0v) is 92.5. The molecule has 0 bridgehead atoms. The molecule has 6 rings (SSSR count). The Labute approximate surface area is 807 Å². The van der Waals surface area contributed by atoms with Gasteiger partial charge < -0.3 is 64.2 Å². The van der Waals surface area contributed by atoms with Crippen LogP contribution in [0.2, 0.25) is 0 Å². The minimum atomic E-state index is -0.417. The molecule has 0 saturated carbocycles. The van der Waals surface area contributed by atoms with E-state index in [1.54, 1.807) is 101 Å². The molecule has 7 N–H and O–H groups in total. The third kappa shape index (κ3) is 263. The zero-order valence-electron chi connectivity index (χ0n) is 65.2. The average Bonchev–Trinajstić information content (AvgIpc) is 1.00. The van der Waals surface area contributed by atoms with Crippen LogP contribution in [0.3, 0.4) is 0 Å². The molecule has 0 aliphatic rings. The Bertz CT molecular complexity index is 1850. The number of nitrogens with two attached hydrogens (primary N) is 3. The Kier molecular flexibility index (Phi) is 353. The smallest absolute Gasteiger partial charge is 0.269 e. The van der Waals surface area contributed by atoms with Crippen LogP contribution in [0, 0.1) is 45.4 Å². The van der Waals surface area contributed by atoms with E-state index in [4.69, 9.17) is 16.6 Å². The molecule has 0 aromatic heterocycles. The molecule has 0 unspecified atom stereocenters. The number of non-ortho nitro benzene ring substituents is 4. The van der Waals surface area contributed by atoms with Crippen LogP contribution < -0.4 is 30.5 Å². The molecule has 33 heteroatoms. The molecule has 0 fully saturated rings. The number of nitro groups is 4. The van der Waals surface area contributed by atoms with Crippen LogP contribution in [0.25, 0.3) is 0 Å². The van der Waals surface area contributed by atoms with Gasteiger partial charge in [-0.05, 0) is 78.5 Å². The minimum Gasteiger partial charge on any atom is -0.399 e. The Hall–Kier alpha value is 1.62. The van der Waals surface area contributed by atoms with Crippen LogP contribution in [0.5, 0.6) is 0 Å². The quantitative estimate of drug-likeness (QED) is 0.0318. The first-order chi connectivity index (χ1) is 47.9. The van der Waals surface area contributed by atoms with Crippen molar-refractivity contribution >= 4 is 267 Å². The van der Waals surface area contributed by atoms with Gasteiger partial charge in [-0.25, -0.2) is 0 Å². The fourth-order valence-electron chi connectivity index (χ4n) is 3.10. The number of alkyl halides is 6. The number of hydrogen-bond acceptors (Lipinski definition) is 16. The van der Waals surface area contributed by atoms with Gasteiger partial charge in [-0.2, -0.15) is 0 Å². The van der Waals surface area contributed by atoms with Crippen molar-refractivity contribution in [2.24, 2.45) is 5.73 Å². The number of ether oxygens (including phenoxy) is 2. The van der Waals surface area contributed by atoms with Crippen LogP contribution in [0.15, 0.2) is 182 Å². The van der Waals surface area contributed by atoms with Crippen molar-refractivity contribution in [2.75, 3.05) is 104 Å². The van der Waals surface area contributed by atoms with E-state index in [1.807, 2.05) is 251 Å². The second-order valence-corrected chi connectivity index (χ2v) is 44.7. The van der Waals surface area contributed by atoms with Crippen molar-refractivity contribution in [3.05, 3.63) is 227 Å². The largest absolute Gasteiger partial charge is 0.399 e. The van der Waals surface area contributed by atoms with Crippen molar-refractivity contribution in [3.8, 4) is 0 Å². The first-order valence-corrected chi connectivity index (χ1v) is 59.3. The van der Waals surface area contributed by atoms with Gasteiger partial charge >= 0.3 is 50.5 Å². The van der Waals surface area contributed by atoms with E-state index in [0.29, 0.717) is 13.3 Å². The molecule has 0 aliphatic heterocycles. The summed E-state index contributed by atoms with van der Waals surface area (Å²) in [5, 5.41) is 47.0. The summed E-state index contributed by atoms with van der Waals surface area (Å²) in [6, 6.07) is 50.7. The summed E-state index contributed by atoms with van der Waals surface area (Å²) in [5.41, 5.74) is 17.4. The van der Waals surface area contributed by atoms with Crippen LogP contribution in [-0.2, 0) is 28.0 Å². The number of rotatable bonds is 4. The maximum absolute atomic E-state index is 10.0. The van der Waals surface area contributed by atoms with Crippen LogP contribution >= 0.6 is 233 Å². The first kappa shape index (κ1) is 179. The van der Waals surface area contributed by atoms with E-state index >= 15 is 0 Å². The number of nitro benzene ring substituents is 4. The van der Waals surface area contributed by atoms with Crippen molar-refractivity contribution in [1.29, 1.82) is 0 Å². The molecule has 0 aliphatic carbocycles. The average molecular weight is 2890 g/mol. The number of para-hydroxylation sites is 6. The number of aliphatic hydroxyl groups is 1. The summed E-state index contributed by atoms with van der Waals surface area (Å²) < 4.78 is 10.4. The normalized spacial score (nSPS) is 6.69. The Balaban J connectivity index is -0.0000000282. The number of nitrogen functional groups attached to an aromatic ring is 2. The molecule has 6 aromatic carbocycles. The molecular formula is C72H145I12N9O11V-2. The first-order valence-electron chi connectivity index (χ1n) is 30.0. The number of anilines is 2. The van der Waals surface area contributed by atoms with Gasteiger partial charge in [0.2, 0.25) is 0 Å². The van der Waals surface area contributed by atoms with Gasteiger partial charge in [0.1, 0.15) is -0.0619 Å². The molecule has 0 amide bonds. The maximum Gasteiger partial charge on any atom is 0.269 e. The fourth-order valence-corrected chi connectivity index (χ4v) is 3.10. The number of nitrogens with zero attached hydrogens (tertiary/aromatic N) is 6. The van der Waals surface area contributed by atoms with E-state index in [-0.39, 0.29) is 71.0 Å². The predicted octanol–water partition coefficient (Wildman–Crippen LogP) is 26.9. The van der Waals surface area contributed by atoms with Gasteiger partial charge in [0.05, 0.1) is 22.1 Å². The van der Waals surface area contributed by atoms with Crippen molar-refractivity contribution in [1.82, 2.24) is 9.80 Å². The van der Waals surface area contributed by atoms with E-state index in [1.165, 1.54) is 58.0 Å². The molecule has 1 radical (unpaired) electrons. The van der Waals surface area contributed by atoms with E-state index in [9.17, 15) is 40.5 Å². The number of aliphatic hydroxyl groups excluding tert-OH is 1. The molecule has 0 spiro atoms. The number of halogens is 12. The summed E-state index contributed by atoms with van der Waals surface area (Å²) >= 11 is 25.1. The van der Waals surface area contributed by atoms with Crippen molar-refractivity contribution in [3.63, 3.8) is 0 Å². The van der Waals surface area contributed by atoms with Gasteiger partial charge in [-0.15, -0.1) is 0 Å². The predicted molar refractivity (Wildman–Crippen MR) is 569 cm³/mol. The Morgan fingerprint density at radius 2 is 0.457 bits per heavy atom. The third-order valence-corrected chi connectivity index (χ3v) is 5.47. The van der Waals surface area contributed by atoms with Gasteiger partial charge in [-0.3, -0.25) is 45.4 Å². The number of benzene rings is 6. The number of hydrogen-bond donors (Lipinski definition) is 4. The van der Waals surface area contributed by atoms with E-state index in [2.05, 4.69) is 230 Å². The summed E-state index contributed by atoms with van der Waals surface area (Å²) in [7, 11) is 21.0. The van der Waals surface area contributed by atoms with E-state index < -0.39 is 19.7 Å². The van der Waals surface area contributed by atoms with Crippen LogP contribution in [0.1, 0.15) is 140 Å². The van der Waals surface area contributed by atoms with Gasteiger partial charge in [0.15, 0.2) is 0 Å². The summed E-state index contributed by atoms with van der Waals surface area (Å²) in [5.74, 6) is 0. The molecule has 0 atom stereocenters. The zero-order chi connectivity index (χ0) is 84.5. The van der Waals surface area contributed by atoms with Crippen LogP contribution in [0.4, 0.5) is 34.1 Å². The molecule has 0 heterocycles. The molecule has 6 aromatic rings. The molecular weight excluding hydrogens is 2740 g/mol. The third-order valence-electron chi connectivity index (χ3n) is 5.47. The standard InChI is InChI=1S/4C6H5NO2.2C6H7N.2C3H9N.2C2H6O.8C2H6.CHI3.CH2I2.CH3I.CH2I.CH5N.CH4O.4CH4.I3.I2.V/c4*8-7(9)6-4-2-1-3-5-6;2*7-6-4-2-1-3-5-6;2*1-4(2)3;2*1-3-2;8*1-2;2-1(3)4;2-1-3;4*1-2;;;;;1-3-2;1-2;/h4*1-5H;2*1-5H,7H2;2*1-3H3;2*1-2H3;8*1-2H3;1H;1H2;1H3;1H2;2H2,1H3;2H,1H3;4*1H4;;;/q;;;;;;;;;;;;;;;;;;;;;-1;;;;;;;-1;;. The number of methoxy groups -OCH3 is 2. The van der Waals surface area contributed by atoms with Crippen molar-refractivity contribution < 1.29 is 66.1 Å². The second kappa shape index (κ2) is 208. The fraction of sp³-hybridized carbons (Fsp3) is 0.486. The van der Waals surface area contributed by atoms with E-state index in [0.717, 1.165) is 18.4 Å². The minimum absolute atomic E-state index is 0. The van der Waals surface area contributed by atoms with Crippen molar-refractivity contribution in [2.45, 2.75) is 140 Å². The molecule has 635 valence electrons. The molecule has 0 saturated heterocycles. The second-order valence-electron chi connectivity index (χ2n) is 13.1. The summed E-state index contributed by atoms with van der Waals surface area (Å²) in [6.45, 7) is 32.0. The van der Waals surface area contributed by atoms with Gasteiger partial charge in [-0.1, -0.05) is 385 Å². The molecule has 20 nitrogen and oxygen atoms in total. The Morgan fingerprint density at radius 1 is 0.390 bits per heavy atom. The monoisotopic (exact) mass is 2890 g/mol. The maximum atomic E-state index is 10.0. The van der Waals surface area contributed by atoms with Crippen LogP contribution in [-0.4, -0.2) is 127 Å². The molecule has 105 heavy (non-hydrogen) atoms. The summed E-state index contributed by atoms with van der Waals surface area (Å²) in [4.78, 5) is 47.5. The SMILES string of the molecule is C.C.C.C.CC.CC.CC.CC.CC.CC.CC.CC.CI.CN.CN(C)C.CN(C)C.CO.COC.COC.IC(I)I.ICI.II.I[I-]I.Nc1ccccc1.Nc1ccccc1.O=[N+]([O-])c1ccccc1.O=[N+]([O-])c1ccccc1.O=[N+]([O-])c1ccccc1.O=[N+]([O-])c1ccccc1.[CH2-]I.[V]. The topological polar surface area (TPSA) is 296 Å². The van der Waals surface area contributed by atoms with Gasteiger partial charge in [0, 0.05) is 151 Å².